The first kappa shape index (κ1) is 36.6. The van der Waals surface area contributed by atoms with Gasteiger partial charge in [0.2, 0.25) is 0 Å². The minimum Gasteiger partial charge on any atom is -0.310 e. The van der Waals surface area contributed by atoms with Gasteiger partial charge in [-0.05, 0) is 159 Å². The van der Waals surface area contributed by atoms with Crippen LogP contribution in [0.15, 0.2) is 164 Å². The van der Waals surface area contributed by atoms with E-state index in [-0.39, 0.29) is 5.41 Å². The molecule has 12 rings (SSSR count). The first-order valence-corrected chi connectivity index (χ1v) is 24.6. The molecule has 4 bridgehead atoms. The van der Waals surface area contributed by atoms with Crippen LogP contribution in [0.25, 0.3) is 44.5 Å². The van der Waals surface area contributed by atoms with Crippen LogP contribution in [0.3, 0.4) is 0 Å². The molecule has 1 radical (unpaired) electrons. The van der Waals surface area contributed by atoms with Crippen molar-refractivity contribution in [1.82, 2.24) is 0 Å². The topological polar surface area (TPSA) is 3.24 Å². The van der Waals surface area contributed by atoms with Gasteiger partial charge < -0.3 is 4.90 Å². The Morgan fingerprint density at radius 1 is 0.441 bits per heavy atom. The predicted molar refractivity (Wildman–Crippen MR) is 252 cm³/mol. The van der Waals surface area contributed by atoms with Crippen molar-refractivity contribution >= 4 is 31.0 Å². The molecule has 5 aliphatic rings. The Kier molecular flexibility index (Phi) is 8.75. The third-order valence-electron chi connectivity index (χ3n) is 15.0. The van der Waals surface area contributed by atoms with Crippen LogP contribution < -0.4 is 10.1 Å². The fourth-order valence-corrected chi connectivity index (χ4v) is 13.0. The Bertz CT molecular complexity index is 2610. The molecule has 0 saturated heterocycles. The van der Waals surface area contributed by atoms with Crippen molar-refractivity contribution < 1.29 is 0 Å². The van der Waals surface area contributed by atoms with Crippen LogP contribution in [0.1, 0.15) is 69.1 Å². The molecule has 7 aromatic rings. The lowest BCUT2D eigenvalue weighted by Crippen LogP contribution is -2.48. The van der Waals surface area contributed by atoms with E-state index in [1.165, 1.54) is 105 Å². The molecule has 5 aliphatic carbocycles. The summed E-state index contributed by atoms with van der Waals surface area (Å²) in [5.74, 6) is 2.92. The maximum absolute atomic E-state index is 2.47. The fraction of sp³-hybridized carbons (Fsp3) is 0.263. The second kappa shape index (κ2) is 14.1. The molecule has 4 saturated carbocycles. The van der Waals surface area contributed by atoms with Crippen molar-refractivity contribution in [2.24, 2.45) is 17.8 Å². The predicted octanol–water partition coefficient (Wildman–Crippen LogP) is 14.9. The molecule has 4 fully saturated rings. The lowest BCUT2D eigenvalue weighted by Gasteiger charge is -2.57. The Hall–Kier alpha value is -5.44. The van der Waals surface area contributed by atoms with Gasteiger partial charge in [0, 0.05) is 22.5 Å². The second-order valence-electron chi connectivity index (χ2n) is 19.3. The summed E-state index contributed by atoms with van der Waals surface area (Å²) < 4.78 is 0. The SMILES string of the molecule is C[Si](C)c1ccc(-c2ccc(N(c3ccc(-c4ccc(-c5ccc(C67CC8CC(CC(C8)C6)C7)cc5)cc4)cc3)c3ccc4c(c3)C(C)(C)c3ccccc3-4)cc2)cc1. The summed E-state index contributed by atoms with van der Waals surface area (Å²) in [6.45, 7) is 9.44. The van der Waals surface area contributed by atoms with Gasteiger partial charge in [-0.3, -0.25) is 0 Å². The third-order valence-corrected chi connectivity index (χ3v) is 16.4. The molecule has 2 heteroatoms. The van der Waals surface area contributed by atoms with Crippen LogP contribution in [0.5, 0.6) is 0 Å². The van der Waals surface area contributed by atoms with Crippen LogP contribution in [0.4, 0.5) is 17.1 Å². The number of nitrogens with zero attached hydrogens (tertiary/aromatic N) is 1. The molecule has 0 aromatic heterocycles. The number of rotatable bonds is 8. The highest BCUT2D eigenvalue weighted by molar-refractivity contribution is 6.70. The van der Waals surface area contributed by atoms with E-state index in [1.54, 1.807) is 5.56 Å². The van der Waals surface area contributed by atoms with Gasteiger partial charge in [0.25, 0.3) is 0 Å². The summed E-state index contributed by atoms with van der Waals surface area (Å²) in [7, 11) is -0.467. The lowest BCUT2D eigenvalue weighted by atomic mass is 9.48. The largest absolute Gasteiger partial charge is 0.310 e. The average molecular weight is 781 g/mol. The monoisotopic (exact) mass is 780 g/mol. The van der Waals surface area contributed by atoms with Gasteiger partial charge in [0.1, 0.15) is 0 Å². The Morgan fingerprint density at radius 3 is 1.34 bits per heavy atom. The summed E-state index contributed by atoms with van der Waals surface area (Å²) in [4.78, 5) is 2.43. The summed E-state index contributed by atoms with van der Waals surface area (Å²) in [5, 5.41) is 1.47. The van der Waals surface area contributed by atoms with Crippen molar-refractivity contribution in [3.05, 3.63) is 180 Å². The molecule has 291 valence electrons. The van der Waals surface area contributed by atoms with Crippen LogP contribution in [-0.4, -0.2) is 8.80 Å². The Balaban J connectivity index is 0.886. The van der Waals surface area contributed by atoms with Gasteiger partial charge in [-0.1, -0.05) is 160 Å². The van der Waals surface area contributed by atoms with E-state index >= 15 is 0 Å². The molecule has 0 spiro atoms. The summed E-state index contributed by atoms with van der Waals surface area (Å²) in [6.07, 6.45) is 8.75. The van der Waals surface area contributed by atoms with E-state index in [0.29, 0.717) is 5.41 Å². The van der Waals surface area contributed by atoms with Gasteiger partial charge in [0.15, 0.2) is 0 Å². The van der Waals surface area contributed by atoms with Crippen molar-refractivity contribution in [3.63, 3.8) is 0 Å². The summed E-state index contributed by atoms with van der Waals surface area (Å²) >= 11 is 0. The number of hydrogen-bond donors (Lipinski definition) is 0. The summed E-state index contributed by atoms with van der Waals surface area (Å²) in [6, 6.07) is 62.4. The first-order chi connectivity index (χ1) is 28.7. The smallest absolute Gasteiger partial charge is 0.0791 e. The highest BCUT2D eigenvalue weighted by Gasteiger charge is 2.51. The molecule has 7 aromatic carbocycles. The minimum absolute atomic E-state index is 0.0752. The van der Waals surface area contributed by atoms with E-state index in [9.17, 15) is 0 Å². The minimum atomic E-state index is -0.467. The third kappa shape index (κ3) is 6.34. The molecule has 0 amide bonds. The maximum atomic E-state index is 2.47. The van der Waals surface area contributed by atoms with Crippen molar-refractivity contribution in [1.29, 1.82) is 0 Å². The second-order valence-corrected chi connectivity index (χ2v) is 21.8. The molecule has 0 unspecified atom stereocenters. The first-order valence-electron chi connectivity index (χ1n) is 22.1. The number of anilines is 3. The van der Waals surface area contributed by atoms with E-state index in [1.807, 2.05) is 0 Å². The van der Waals surface area contributed by atoms with Gasteiger partial charge in [-0.25, -0.2) is 0 Å². The normalized spacial score (nSPS) is 22.0. The highest BCUT2D eigenvalue weighted by Crippen LogP contribution is 2.61. The van der Waals surface area contributed by atoms with Crippen molar-refractivity contribution in [2.45, 2.75) is 76.3 Å². The highest BCUT2D eigenvalue weighted by atomic mass is 28.3. The lowest BCUT2D eigenvalue weighted by molar-refractivity contribution is -0.00518. The molecular weight excluding hydrogens is 727 g/mol. The number of fused-ring (bicyclic) bond motifs is 3. The van der Waals surface area contributed by atoms with Gasteiger partial charge in [-0.2, -0.15) is 0 Å². The zero-order valence-corrected chi connectivity index (χ0v) is 36.0. The Labute approximate surface area is 353 Å². The van der Waals surface area contributed by atoms with Crippen LogP contribution in [0.2, 0.25) is 13.1 Å². The van der Waals surface area contributed by atoms with Crippen molar-refractivity contribution in [2.75, 3.05) is 4.90 Å². The standard InChI is InChI=1S/C57H54NSi/c1-56(2)54-8-6-5-7-52(54)53-30-27-50(34-55(53)56)58(49-25-17-45(18-26-49)46-19-28-51(29-20-46)59(3)4)48-23-15-44(16-24-48)42-11-9-41(10-12-42)43-13-21-47(22-14-43)57-35-38-31-39(36-57)33-40(32-38)37-57/h5-30,34,38-40H,31-33,35-37H2,1-4H3. The van der Waals surface area contributed by atoms with Crippen molar-refractivity contribution in [3.8, 4) is 44.5 Å². The van der Waals surface area contributed by atoms with Gasteiger partial charge in [0.05, 0.1) is 8.80 Å². The number of benzene rings is 7. The molecule has 0 heterocycles. The fourth-order valence-electron chi connectivity index (χ4n) is 12.2. The summed E-state index contributed by atoms with van der Waals surface area (Å²) in [5.41, 5.74) is 18.5. The number of hydrogen-bond acceptors (Lipinski definition) is 1. The van der Waals surface area contributed by atoms with Gasteiger partial charge >= 0.3 is 0 Å². The molecule has 59 heavy (non-hydrogen) atoms. The zero-order chi connectivity index (χ0) is 39.9. The van der Waals surface area contributed by atoms with E-state index in [4.69, 9.17) is 0 Å². The van der Waals surface area contributed by atoms with E-state index < -0.39 is 8.80 Å². The zero-order valence-electron chi connectivity index (χ0n) is 35.0. The molecule has 0 atom stereocenters. The van der Waals surface area contributed by atoms with E-state index in [0.717, 1.165) is 29.1 Å². The Morgan fingerprint density at radius 2 is 0.847 bits per heavy atom. The molecular formula is C57H54NSi. The molecule has 1 nitrogen and oxygen atoms in total. The van der Waals surface area contributed by atoms with Crippen LogP contribution in [0, 0.1) is 17.8 Å². The van der Waals surface area contributed by atoms with Crippen LogP contribution in [-0.2, 0) is 10.8 Å². The molecule has 0 aliphatic heterocycles. The van der Waals surface area contributed by atoms with Crippen LogP contribution >= 0.6 is 0 Å². The van der Waals surface area contributed by atoms with Gasteiger partial charge in [-0.15, -0.1) is 0 Å². The maximum Gasteiger partial charge on any atom is 0.0791 e. The molecule has 0 N–H and O–H groups in total. The average Bonchev–Trinajstić information content (AvgIpc) is 3.49. The van der Waals surface area contributed by atoms with E-state index in [2.05, 4.69) is 196 Å². The quantitative estimate of drug-likeness (QED) is 0.139.